The predicted molar refractivity (Wildman–Crippen MR) is 113 cm³/mol. The molecule has 30 heavy (non-hydrogen) atoms. The van der Waals surface area contributed by atoms with Crippen LogP contribution in [0.3, 0.4) is 0 Å². The van der Waals surface area contributed by atoms with Crippen molar-refractivity contribution in [2.75, 3.05) is 20.2 Å². The summed E-state index contributed by atoms with van der Waals surface area (Å²) in [6.07, 6.45) is -0.149. The fourth-order valence-electron chi connectivity index (χ4n) is 3.66. The fraction of sp³-hybridized carbons (Fsp3) is 0.364. The van der Waals surface area contributed by atoms with Crippen LogP contribution in [0.25, 0.3) is 0 Å². The van der Waals surface area contributed by atoms with Crippen LogP contribution in [0.5, 0.6) is 0 Å². The maximum Gasteiger partial charge on any atom is 0.411 e. The number of ether oxygens (including phenoxy) is 2. The molecular weight excluding hydrogens is 455 g/mol. The minimum atomic E-state index is -0.957. The molecule has 2 aromatic rings. The molecule has 8 heteroatoms. The molecule has 0 bridgehead atoms. The summed E-state index contributed by atoms with van der Waals surface area (Å²) < 4.78 is 25.0. The van der Waals surface area contributed by atoms with Crippen molar-refractivity contribution in [3.8, 4) is 0 Å². The third-order valence-electron chi connectivity index (χ3n) is 5.45. The number of methoxy groups -OCH3 is 1. The lowest BCUT2D eigenvalue weighted by atomic mass is 9.85. The zero-order valence-corrected chi connectivity index (χ0v) is 18.4. The van der Waals surface area contributed by atoms with Crippen LogP contribution in [0.2, 0.25) is 0 Å². The molecule has 160 valence electrons. The summed E-state index contributed by atoms with van der Waals surface area (Å²) in [4.78, 5) is 26.1. The molecule has 0 spiro atoms. The molecule has 0 aromatic heterocycles. The maximum atomic E-state index is 13.5. The van der Waals surface area contributed by atoms with Gasteiger partial charge in [-0.25, -0.2) is 14.0 Å². The molecule has 1 saturated heterocycles. The van der Waals surface area contributed by atoms with Crippen LogP contribution in [-0.4, -0.2) is 37.3 Å². The van der Waals surface area contributed by atoms with E-state index in [-0.39, 0.29) is 18.4 Å². The largest absolute Gasteiger partial charge is 0.453 e. The minimum Gasteiger partial charge on any atom is -0.453 e. The molecular formula is C22H24BrFN2O4. The van der Waals surface area contributed by atoms with Crippen molar-refractivity contribution in [1.82, 2.24) is 10.2 Å². The van der Waals surface area contributed by atoms with E-state index >= 15 is 0 Å². The second-order valence-corrected chi connectivity index (χ2v) is 8.12. The first-order valence-electron chi connectivity index (χ1n) is 9.67. The van der Waals surface area contributed by atoms with Gasteiger partial charge in [-0.2, -0.15) is 0 Å². The average Bonchev–Trinajstić information content (AvgIpc) is 2.74. The Hall–Kier alpha value is -2.61. The summed E-state index contributed by atoms with van der Waals surface area (Å²) in [5.74, 6) is -0.366. The molecule has 1 aliphatic heterocycles. The summed E-state index contributed by atoms with van der Waals surface area (Å²) in [7, 11) is 1.28. The number of halogens is 2. The lowest BCUT2D eigenvalue weighted by Crippen LogP contribution is -2.49. The van der Waals surface area contributed by atoms with Crippen LogP contribution >= 0.6 is 15.9 Å². The van der Waals surface area contributed by atoms with Gasteiger partial charge in [-0.1, -0.05) is 40.2 Å². The molecule has 2 amide bonds. The van der Waals surface area contributed by atoms with Crippen LogP contribution in [0.1, 0.15) is 36.9 Å². The van der Waals surface area contributed by atoms with E-state index in [0.717, 1.165) is 10.0 Å². The molecule has 2 atom stereocenters. The Labute approximate surface area is 183 Å². The molecule has 3 rings (SSSR count). The van der Waals surface area contributed by atoms with Gasteiger partial charge in [-0.15, -0.1) is 0 Å². The van der Waals surface area contributed by atoms with Crippen molar-refractivity contribution < 1.29 is 23.5 Å². The predicted octanol–water partition coefficient (Wildman–Crippen LogP) is 5.13. The number of carbonyl (C=O) groups excluding carboxylic acids is 2. The topological polar surface area (TPSA) is 67.9 Å². The Morgan fingerprint density at radius 3 is 2.53 bits per heavy atom. The van der Waals surface area contributed by atoms with E-state index in [1.54, 1.807) is 17.0 Å². The van der Waals surface area contributed by atoms with E-state index in [2.05, 4.69) is 26.0 Å². The van der Waals surface area contributed by atoms with E-state index < -0.39 is 17.8 Å². The smallest absolute Gasteiger partial charge is 0.411 e. The molecule has 1 unspecified atom stereocenters. The van der Waals surface area contributed by atoms with Gasteiger partial charge in [-0.05, 0) is 42.3 Å². The Bertz CT molecular complexity index is 891. The zero-order chi connectivity index (χ0) is 21.7. The van der Waals surface area contributed by atoms with E-state index in [1.165, 1.54) is 19.2 Å². The number of carbonyl (C=O) groups is 2. The summed E-state index contributed by atoms with van der Waals surface area (Å²) >= 11 is 3.42. The van der Waals surface area contributed by atoms with Crippen LogP contribution in [0, 0.1) is 5.82 Å². The van der Waals surface area contributed by atoms with Gasteiger partial charge in [-0.3, -0.25) is 0 Å². The molecule has 1 heterocycles. The van der Waals surface area contributed by atoms with Crippen molar-refractivity contribution in [3.63, 3.8) is 0 Å². The van der Waals surface area contributed by atoms with Crippen molar-refractivity contribution in [3.05, 3.63) is 69.9 Å². The third-order valence-corrected chi connectivity index (χ3v) is 5.98. The van der Waals surface area contributed by atoms with Gasteiger partial charge in [0.15, 0.2) is 0 Å². The van der Waals surface area contributed by atoms with Gasteiger partial charge >= 0.3 is 12.2 Å². The minimum absolute atomic E-state index is 0.162. The number of benzene rings is 2. The van der Waals surface area contributed by atoms with Gasteiger partial charge in [0.05, 0.1) is 13.2 Å². The summed E-state index contributed by atoms with van der Waals surface area (Å²) in [6.45, 7) is 2.67. The molecule has 1 fully saturated rings. The number of nitrogens with zero attached hydrogens (tertiary/aromatic N) is 1. The molecule has 6 nitrogen and oxygen atoms in total. The van der Waals surface area contributed by atoms with Gasteiger partial charge < -0.3 is 19.7 Å². The number of rotatable bonds is 6. The molecule has 0 saturated carbocycles. The fourth-order valence-corrected chi connectivity index (χ4v) is 3.92. The van der Waals surface area contributed by atoms with Gasteiger partial charge in [0.2, 0.25) is 0 Å². The summed E-state index contributed by atoms with van der Waals surface area (Å²) in [6, 6.07) is 13.6. The quantitative estimate of drug-likeness (QED) is 0.624. The van der Waals surface area contributed by atoms with Crippen LogP contribution in [0.15, 0.2) is 53.0 Å². The number of cyclic esters (lactones) is 1. The highest BCUT2D eigenvalue weighted by molar-refractivity contribution is 9.10. The Balaban J connectivity index is 1.79. The van der Waals surface area contributed by atoms with Crippen molar-refractivity contribution in [2.45, 2.75) is 31.4 Å². The molecule has 0 aliphatic carbocycles. The van der Waals surface area contributed by atoms with Gasteiger partial charge in [0, 0.05) is 30.4 Å². The number of amides is 2. The standard InChI is InChI=1S/C22H24BrFN2O4/c1-15(16-3-7-18(23)8-4-16)26-14-12-22(30-21(26)28,11-13-25-20(27)29-2)17-5-9-19(24)10-6-17/h3-10,15H,11-14H2,1-2H3,(H,25,27)/t15-,22?/m0/s1. The summed E-state index contributed by atoms with van der Waals surface area (Å²) in [5, 5.41) is 2.62. The van der Waals surface area contributed by atoms with Gasteiger partial charge in [0.1, 0.15) is 11.4 Å². The highest BCUT2D eigenvalue weighted by Crippen LogP contribution is 2.39. The van der Waals surface area contributed by atoms with E-state index in [4.69, 9.17) is 4.74 Å². The first-order chi connectivity index (χ1) is 14.3. The Morgan fingerprint density at radius 2 is 1.93 bits per heavy atom. The maximum absolute atomic E-state index is 13.5. The highest BCUT2D eigenvalue weighted by Gasteiger charge is 2.43. The normalized spacial score (nSPS) is 19.7. The van der Waals surface area contributed by atoms with Crippen LogP contribution < -0.4 is 5.32 Å². The SMILES string of the molecule is COC(=O)NCCC1(c2ccc(F)cc2)CCN([C@@H](C)c2ccc(Br)cc2)C(=O)O1. The van der Waals surface area contributed by atoms with E-state index in [0.29, 0.717) is 24.9 Å². The van der Waals surface area contributed by atoms with Crippen molar-refractivity contribution in [1.29, 1.82) is 0 Å². The zero-order valence-electron chi connectivity index (χ0n) is 16.9. The Kier molecular flexibility index (Phi) is 6.97. The molecule has 1 aliphatic rings. The molecule has 2 aromatic carbocycles. The number of hydrogen-bond acceptors (Lipinski definition) is 4. The second kappa shape index (κ2) is 9.47. The van der Waals surface area contributed by atoms with E-state index in [9.17, 15) is 14.0 Å². The molecule has 1 N–H and O–H groups in total. The van der Waals surface area contributed by atoms with Crippen LogP contribution in [-0.2, 0) is 15.1 Å². The van der Waals surface area contributed by atoms with E-state index in [1.807, 2.05) is 31.2 Å². The number of alkyl carbamates (subject to hydrolysis) is 1. The van der Waals surface area contributed by atoms with Crippen molar-refractivity contribution in [2.24, 2.45) is 0 Å². The highest BCUT2D eigenvalue weighted by atomic mass is 79.9. The number of hydrogen-bond donors (Lipinski definition) is 1. The third kappa shape index (κ3) is 4.92. The van der Waals surface area contributed by atoms with Crippen molar-refractivity contribution >= 4 is 28.1 Å². The monoisotopic (exact) mass is 478 g/mol. The van der Waals surface area contributed by atoms with Crippen LogP contribution in [0.4, 0.5) is 14.0 Å². The van der Waals surface area contributed by atoms with Gasteiger partial charge in [0.25, 0.3) is 0 Å². The molecule has 0 radical (unpaired) electrons. The Morgan fingerprint density at radius 1 is 1.27 bits per heavy atom. The first kappa shape index (κ1) is 22.1. The summed E-state index contributed by atoms with van der Waals surface area (Å²) in [5.41, 5.74) is 0.735. The lowest BCUT2D eigenvalue weighted by molar-refractivity contribution is -0.0648. The number of nitrogens with one attached hydrogen (secondary N) is 1. The average molecular weight is 479 g/mol. The lowest BCUT2D eigenvalue weighted by Gasteiger charge is -2.43. The first-order valence-corrected chi connectivity index (χ1v) is 10.5. The second-order valence-electron chi connectivity index (χ2n) is 7.21.